The maximum atomic E-state index is 13.9. The molecule has 0 radical (unpaired) electrons. The molecule has 4 nitrogen and oxygen atoms in total. The fourth-order valence-electron chi connectivity index (χ4n) is 4.29. The first kappa shape index (κ1) is 17.4. The van der Waals surface area contributed by atoms with Gasteiger partial charge < -0.3 is 10.0 Å². The van der Waals surface area contributed by atoms with E-state index in [-0.39, 0.29) is 23.8 Å². The van der Waals surface area contributed by atoms with Crippen molar-refractivity contribution in [2.24, 2.45) is 0 Å². The molecule has 132 valence electrons. The highest BCUT2D eigenvalue weighted by molar-refractivity contribution is 5.76. The number of likely N-dealkylation sites (tertiary alicyclic amines) is 2. The standard InChI is InChI=1S/C19H27FN2O2/c1-2-19(24)22-12-6-10-17(22)16-9-5-11-21(16)13-18(23)14-7-3-4-8-15(14)20/h3-4,7-8,16-18,23H,2,5-6,9-13H2,1H3/t16-,17-,18+/m1/s1. The highest BCUT2D eigenvalue weighted by Gasteiger charge is 2.39. The number of aliphatic hydroxyl groups is 1. The first-order valence-corrected chi connectivity index (χ1v) is 9.07. The Balaban J connectivity index is 1.69. The molecule has 5 heteroatoms. The van der Waals surface area contributed by atoms with E-state index in [1.165, 1.54) is 6.07 Å². The highest BCUT2D eigenvalue weighted by Crippen LogP contribution is 2.32. The van der Waals surface area contributed by atoms with Crippen LogP contribution >= 0.6 is 0 Å². The van der Waals surface area contributed by atoms with E-state index in [1.807, 2.05) is 11.8 Å². The van der Waals surface area contributed by atoms with E-state index in [9.17, 15) is 14.3 Å². The molecule has 1 aromatic carbocycles. The largest absolute Gasteiger partial charge is 0.387 e. The van der Waals surface area contributed by atoms with Gasteiger partial charge in [-0.15, -0.1) is 0 Å². The Hall–Kier alpha value is -1.46. The van der Waals surface area contributed by atoms with E-state index in [0.29, 0.717) is 18.5 Å². The minimum absolute atomic E-state index is 0.221. The number of rotatable bonds is 5. The smallest absolute Gasteiger partial charge is 0.222 e. The van der Waals surface area contributed by atoms with Crippen molar-refractivity contribution in [2.45, 2.75) is 57.2 Å². The van der Waals surface area contributed by atoms with Gasteiger partial charge in [0.05, 0.1) is 6.10 Å². The van der Waals surface area contributed by atoms with Crippen LogP contribution in [-0.2, 0) is 4.79 Å². The second-order valence-electron chi connectivity index (χ2n) is 6.89. The molecule has 1 aromatic rings. The van der Waals surface area contributed by atoms with E-state index >= 15 is 0 Å². The van der Waals surface area contributed by atoms with Crippen molar-refractivity contribution >= 4 is 5.91 Å². The number of benzene rings is 1. The van der Waals surface area contributed by atoms with E-state index in [2.05, 4.69) is 4.90 Å². The van der Waals surface area contributed by atoms with E-state index in [0.717, 1.165) is 38.8 Å². The number of carbonyl (C=O) groups is 1. The molecular formula is C19H27FN2O2. The third-order valence-corrected chi connectivity index (χ3v) is 5.45. The second-order valence-corrected chi connectivity index (χ2v) is 6.89. The molecule has 3 atom stereocenters. The molecule has 2 aliphatic rings. The van der Waals surface area contributed by atoms with Crippen molar-refractivity contribution in [3.63, 3.8) is 0 Å². The molecule has 1 amide bonds. The van der Waals surface area contributed by atoms with Gasteiger partial charge in [-0.2, -0.15) is 0 Å². The highest BCUT2D eigenvalue weighted by atomic mass is 19.1. The van der Waals surface area contributed by atoms with Gasteiger partial charge in [-0.3, -0.25) is 9.69 Å². The van der Waals surface area contributed by atoms with Crippen molar-refractivity contribution in [3.8, 4) is 0 Å². The van der Waals surface area contributed by atoms with Crippen molar-refractivity contribution in [1.82, 2.24) is 9.80 Å². The summed E-state index contributed by atoms with van der Waals surface area (Å²) in [6, 6.07) is 6.95. The van der Waals surface area contributed by atoms with Crippen LogP contribution in [0, 0.1) is 5.82 Å². The Morgan fingerprint density at radius 3 is 2.71 bits per heavy atom. The van der Waals surface area contributed by atoms with Crippen LogP contribution in [0.4, 0.5) is 4.39 Å². The van der Waals surface area contributed by atoms with Gasteiger partial charge in [0.25, 0.3) is 0 Å². The molecular weight excluding hydrogens is 307 g/mol. The maximum Gasteiger partial charge on any atom is 0.222 e. The lowest BCUT2D eigenvalue weighted by Gasteiger charge is -2.36. The first-order chi connectivity index (χ1) is 11.6. The van der Waals surface area contributed by atoms with E-state index < -0.39 is 6.10 Å². The lowest BCUT2D eigenvalue weighted by atomic mass is 10.0. The van der Waals surface area contributed by atoms with Crippen LogP contribution in [0.2, 0.25) is 0 Å². The van der Waals surface area contributed by atoms with Gasteiger partial charge in [-0.25, -0.2) is 4.39 Å². The molecule has 2 saturated heterocycles. The molecule has 1 N–H and O–H groups in total. The summed E-state index contributed by atoms with van der Waals surface area (Å²) in [6.45, 7) is 4.08. The zero-order chi connectivity index (χ0) is 17.1. The summed E-state index contributed by atoms with van der Waals surface area (Å²) < 4.78 is 13.9. The van der Waals surface area contributed by atoms with Crippen molar-refractivity contribution < 1.29 is 14.3 Å². The summed E-state index contributed by atoms with van der Waals surface area (Å²) in [5.41, 5.74) is 0.357. The summed E-state index contributed by atoms with van der Waals surface area (Å²) >= 11 is 0. The van der Waals surface area contributed by atoms with Crippen LogP contribution in [0.5, 0.6) is 0 Å². The van der Waals surface area contributed by atoms with Crippen molar-refractivity contribution in [1.29, 1.82) is 0 Å². The second kappa shape index (κ2) is 7.62. The van der Waals surface area contributed by atoms with Gasteiger partial charge in [-0.05, 0) is 38.3 Å². The number of hydrogen-bond donors (Lipinski definition) is 1. The number of nitrogens with zero attached hydrogens (tertiary/aromatic N) is 2. The Morgan fingerprint density at radius 1 is 1.25 bits per heavy atom. The van der Waals surface area contributed by atoms with E-state index in [1.54, 1.807) is 18.2 Å². The predicted molar refractivity (Wildman–Crippen MR) is 91.0 cm³/mol. The molecule has 2 aliphatic heterocycles. The van der Waals surface area contributed by atoms with Crippen LogP contribution in [0.3, 0.4) is 0 Å². The van der Waals surface area contributed by atoms with Crippen molar-refractivity contribution in [3.05, 3.63) is 35.6 Å². The Bertz CT molecular complexity index is 580. The summed E-state index contributed by atoms with van der Waals surface area (Å²) in [7, 11) is 0. The van der Waals surface area contributed by atoms with Gasteiger partial charge in [0.15, 0.2) is 0 Å². The average molecular weight is 334 g/mol. The Kier molecular flexibility index (Phi) is 5.51. The van der Waals surface area contributed by atoms with Crippen LogP contribution in [0.15, 0.2) is 24.3 Å². The minimum Gasteiger partial charge on any atom is -0.387 e. The molecule has 0 bridgehead atoms. The van der Waals surface area contributed by atoms with Crippen LogP contribution in [0.1, 0.15) is 50.7 Å². The maximum absolute atomic E-state index is 13.9. The number of hydrogen-bond acceptors (Lipinski definition) is 3. The van der Waals surface area contributed by atoms with Crippen LogP contribution < -0.4 is 0 Å². The number of carbonyl (C=O) groups excluding carboxylic acids is 1. The Morgan fingerprint density at radius 2 is 1.96 bits per heavy atom. The average Bonchev–Trinajstić information content (AvgIpc) is 3.23. The SMILES string of the molecule is CCC(=O)N1CCC[C@@H]1[C@H]1CCCN1C[C@H](O)c1ccccc1F. The molecule has 24 heavy (non-hydrogen) atoms. The fourth-order valence-corrected chi connectivity index (χ4v) is 4.29. The number of amides is 1. The summed E-state index contributed by atoms with van der Waals surface area (Å²) in [5.74, 6) is -0.136. The van der Waals surface area contributed by atoms with Gasteiger partial charge in [0.1, 0.15) is 5.82 Å². The summed E-state index contributed by atoms with van der Waals surface area (Å²) in [5, 5.41) is 10.5. The normalized spacial score (nSPS) is 26.0. The molecule has 0 aromatic heterocycles. The third kappa shape index (κ3) is 3.47. The molecule has 0 spiro atoms. The van der Waals surface area contributed by atoms with E-state index in [4.69, 9.17) is 0 Å². The van der Waals surface area contributed by atoms with Gasteiger partial charge >= 0.3 is 0 Å². The molecule has 3 rings (SSSR count). The lowest BCUT2D eigenvalue weighted by Crippen LogP contribution is -2.49. The first-order valence-electron chi connectivity index (χ1n) is 9.07. The van der Waals surface area contributed by atoms with Crippen LogP contribution in [-0.4, -0.2) is 52.5 Å². The molecule has 2 heterocycles. The van der Waals surface area contributed by atoms with Crippen LogP contribution in [0.25, 0.3) is 0 Å². The number of aliphatic hydroxyl groups excluding tert-OH is 1. The quantitative estimate of drug-likeness (QED) is 0.900. The topological polar surface area (TPSA) is 43.8 Å². The Labute approximate surface area is 143 Å². The fraction of sp³-hybridized carbons (Fsp3) is 0.632. The summed E-state index contributed by atoms with van der Waals surface area (Å²) in [4.78, 5) is 16.5. The van der Waals surface area contributed by atoms with Gasteiger partial charge in [-0.1, -0.05) is 25.1 Å². The minimum atomic E-state index is -0.830. The number of β-amino-alcohol motifs (C(OH)–C–C–N with tert-alkyl or cyclic N) is 1. The zero-order valence-corrected chi connectivity index (χ0v) is 14.3. The molecule has 2 fully saturated rings. The van der Waals surface area contributed by atoms with Crippen molar-refractivity contribution in [2.75, 3.05) is 19.6 Å². The number of halogens is 1. The predicted octanol–water partition coefficient (Wildman–Crippen LogP) is 2.72. The third-order valence-electron chi connectivity index (χ3n) is 5.45. The van der Waals surface area contributed by atoms with Gasteiger partial charge in [0.2, 0.25) is 5.91 Å². The monoisotopic (exact) mass is 334 g/mol. The summed E-state index contributed by atoms with van der Waals surface area (Å²) in [6.07, 6.45) is 3.91. The molecule has 0 aliphatic carbocycles. The lowest BCUT2D eigenvalue weighted by molar-refractivity contribution is -0.132. The van der Waals surface area contributed by atoms with Gasteiger partial charge in [0, 0.05) is 37.2 Å². The molecule has 0 unspecified atom stereocenters. The zero-order valence-electron chi connectivity index (χ0n) is 14.3. The molecule has 0 saturated carbocycles.